The molecule has 1 amide bonds. The molecule has 0 saturated carbocycles. The van der Waals surface area contributed by atoms with Gasteiger partial charge in [0.1, 0.15) is 0 Å². The van der Waals surface area contributed by atoms with Crippen LogP contribution in [0.25, 0.3) is 0 Å². The number of carbonyl (C=O) groups is 1. The van der Waals surface area contributed by atoms with Gasteiger partial charge in [0.2, 0.25) is 0 Å². The predicted octanol–water partition coefficient (Wildman–Crippen LogP) is 4.67. The molecule has 9 heteroatoms. The van der Waals surface area contributed by atoms with E-state index in [0.29, 0.717) is 22.0 Å². The Labute approximate surface area is 188 Å². The summed E-state index contributed by atoms with van der Waals surface area (Å²) in [5.41, 5.74) is 1.79. The van der Waals surface area contributed by atoms with Gasteiger partial charge in [-0.2, -0.15) is 0 Å². The molecular weight excluding hydrogens is 492 g/mol. The number of halogens is 2. The van der Waals surface area contributed by atoms with Gasteiger partial charge in [0.05, 0.1) is 17.2 Å². The lowest BCUT2D eigenvalue weighted by atomic mass is 10.1. The van der Waals surface area contributed by atoms with Crippen molar-refractivity contribution in [2.24, 2.45) is 0 Å². The third-order valence-electron chi connectivity index (χ3n) is 4.45. The molecule has 0 atom stereocenters. The summed E-state index contributed by atoms with van der Waals surface area (Å²) in [4.78, 5) is 12.6. The molecule has 0 saturated heterocycles. The summed E-state index contributed by atoms with van der Waals surface area (Å²) in [6.07, 6.45) is 0. The van der Waals surface area contributed by atoms with Gasteiger partial charge in [0.15, 0.2) is 0 Å². The molecule has 30 heavy (non-hydrogen) atoms. The lowest BCUT2D eigenvalue weighted by Crippen LogP contribution is -2.26. The molecule has 0 spiro atoms. The minimum atomic E-state index is -3.80. The first-order valence-corrected chi connectivity index (χ1v) is 11.4. The maximum Gasteiger partial charge on any atom is 0.264 e. The highest BCUT2D eigenvalue weighted by atomic mass is 79.9. The first-order chi connectivity index (χ1) is 14.2. The average Bonchev–Trinajstić information content (AvgIpc) is 2.75. The third-order valence-corrected chi connectivity index (χ3v) is 7.00. The number of anilines is 2. The quantitative estimate of drug-likeness (QED) is 0.505. The van der Waals surface area contributed by atoms with Crippen molar-refractivity contribution in [2.75, 3.05) is 16.7 Å². The number of hydrogen-bond donors (Lipinski definition) is 2. The van der Waals surface area contributed by atoms with Crippen molar-refractivity contribution < 1.29 is 18.3 Å². The molecule has 3 aromatic rings. The maximum absolute atomic E-state index is 12.9. The molecule has 0 heterocycles. The SMILES string of the molecule is CN(c1ccc(Cl)cc1)S(=O)(=O)c1ccc(C(=O)Nc2ccc(Br)cc2CO)cc1. The van der Waals surface area contributed by atoms with E-state index < -0.39 is 15.9 Å². The predicted molar refractivity (Wildman–Crippen MR) is 122 cm³/mol. The topological polar surface area (TPSA) is 86.7 Å². The normalized spacial score (nSPS) is 11.2. The second kappa shape index (κ2) is 9.18. The minimum absolute atomic E-state index is 0.0520. The molecule has 2 N–H and O–H groups in total. The van der Waals surface area contributed by atoms with Crippen LogP contribution in [0.4, 0.5) is 11.4 Å². The van der Waals surface area contributed by atoms with Gasteiger partial charge in [-0.15, -0.1) is 0 Å². The van der Waals surface area contributed by atoms with Gasteiger partial charge in [-0.05, 0) is 66.7 Å². The Morgan fingerprint density at radius 1 is 1.07 bits per heavy atom. The van der Waals surface area contributed by atoms with Crippen molar-refractivity contribution in [1.82, 2.24) is 0 Å². The van der Waals surface area contributed by atoms with Gasteiger partial charge < -0.3 is 10.4 Å². The van der Waals surface area contributed by atoms with Gasteiger partial charge in [-0.3, -0.25) is 9.10 Å². The van der Waals surface area contributed by atoms with E-state index in [4.69, 9.17) is 11.6 Å². The standard InChI is InChI=1S/C21H18BrClN2O4S/c1-25(18-7-5-17(23)6-8-18)30(28,29)19-9-2-14(3-10-19)21(27)24-20-11-4-16(22)12-15(20)13-26/h2-12,26H,13H2,1H3,(H,24,27). The number of hydrogen-bond acceptors (Lipinski definition) is 4. The van der Waals surface area contributed by atoms with Crippen LogP contribution in [-0.2, 0) is 16.6 Å². The molecule has 156 valence electrons. The van der Waals surface area contributed by atoms with E-state index in [1.807, 2.05) is 0 Å². The molecule has 0 aliphatic rings. The zero-order valence-corrected chi connectivity index (χ0v) is 19.0. The van der Waals surface area contributed by atoms with Crippen molar-refractivity contribution >= 4 is 54.8 Å². The number of rotatable bonds is 6. The molecule has 0 unspecified atom stereocenters. The molecule has 3 rings (SSSR count). The molecule has 6 nitrogen and oxygen atoms in total. The average molecular weight is 510 g/mol. The first kappa shape index (κ1) is 22.3. The highest BCUT2D eigenvalue weighted by Gasteiger charge is 2.21. The van der Waals surface area contributed by atoms with Crippen LogP contribution in [0.3, 0.4) is 0 Å². The molecule has 0 radical (unpaired) electrons. The van der Waals surface area contributed by atoms with E-state index in [1.165, 1.54) is 31.3 Å². The molecule has 0 aliphatic heterocycles. The van der Waals surface area contributed by atoms with E-state index in [2.05, 4.69) is 21.2 Å². The van der Waals surface area contributed by atoms with Gasteiger partial charge in [0, 0.05) is 33.4 Å². The summed E-state index contributed by atoms with van der Waals surface area (Å²) in [6, 6.07) is 17.2. The largest absolute Gasteiger partial charge is 0.392 e. The van der Waals surface area contributed by atoms with E-state index in [9.17, 15) is 18.3 Å². The summed E-state index contributed by atoms with van der Waals surface area (Å²) < 4.78 is 27.7. The van der Waals surface area contributed by atoms with Crippen molar-refractivity contribution in [1.29, 1.82) is 0 Å². The second-order valence-corrected chi connectivity index (χ2v) is 9.71. The Balaban J connectivity index is 1.80. The lowest BCUT2D eigenvalue weighted by Gasteiger charge is -2.19. The summed E-state index contributed by atoms with van der Waals surface area (Å²) in [6.45, 7) is -0.233. The number of sulfonamides is 1. The van der Waals surface area contributed by atoms with Crippen molar-refractivity contribution in [2.45, 2.75) is 11.5 Å². The summed E-state index contributed by atoms with van der Waals surface area (Å²) >= 11 is 9.17. The highest BCUT2D eigenvalue weighted by Crippen LogP contribution is 2.25. The smallest absolute Gasteiger partial charge is 0.264 e. The molecule has 3 aromatic carbocycles. The summed E-state index contributed by atoms with van der Waals surface area (Å²) in [7, 11) is -2.35. The number of aliphatic hydroxyl groups excluding tert-OH is 1. The van der Waals surface area contributed by atoms with Crippen molar-refractivity contribution in [3.63, 3.8) is 0 Å². The van der Waals surface area contributed by atoms with Crippen LogP contribution in [0, 0.1) is 0 Å². The van der Waals surface area contributed by atoms with Crippen LogP contribution >= 0.6 is 27.5 Å². The van der Waals surface area contributed by atoms with Crippen molar-refractivity contribution in [3.05, 3.63) is 87.4 Å². The maximum atomic E-state index is 12.9. The van der Waals surface area contributed by atoms with Crippen LogP contribution in [0.5, 0.6) is 0 Å². The van der Waals surface area contributed by atoms with Crippen molar-refractivity contribution in [3.8, 4) is 0 Å². The number of benzene rings is 3. The molecule has 0 aromatic heterocycles. The lowest BCUT2D eigenvalue weighted by molar-refractivity contribution is 0.102. The van der Waals surface area contributed by atoms with Gasteiger partial charge in [-0.1, -0.05) is 27.5 Å². The monoisotopic (exact) mass is 508 g/mol. The Bertz CT molecular complexity index is 1170. The zero-order chi connectivity index (χ0) is 21.9. The van der Waals surface area contributed by atoms with Crippen LogP contribution in [0.2, 0.25) is 5.02 Å². The summed E-state index contributed by atoms with van der Waals surface area (Å²) in [5, 5.41) is 12.7. The van der Waals surface area contributed by atoms with Crippen LogP contribution in [0.15, 0.2) is 76.1 Å². The third kappa shape index (κ3) is 4.84. The van der Waals surface area contributed by atoms with Gasteiger partial charge in [-0.25, -0.2) is 8.42 Å². The van der Waals surface area contributed by atoms with Gasteiger partial charge in [0.25, 0.3) is 15.9 Å². The zero-order valence-electron chi connectivity index (χ0n) is 15.8. The molecule has 0 fully saturated rings. The minimum Gasteiger partial charge on any atom is -0.392 e. The van der Waals surface area contributed by atoms with E-state index in [-0.39, 0.29) is 17.1 Å². The molecular formula is C21H18BrClN2O4S. The number of nitrogens with one attached hydrogen (secondary N) is 1. The first-order valence-electron chi connectivity index (χ1n) is 8.77. The number of carbonyl (C=O) groups excluding carboxylic acids is 1. The Hall–Kier alpha value is -2.39. The Morgan fingerprint density at radius 2 is 1.70 bits per heavy atom. The van der Waals surface area contributed by atoms with E-state index >= 15 is 0 Å². The van der Waals surface area contributed by atoms with E-state index in [1.54, 1.807) is 42.5 Å². The second-order valence-electron chi connectivity index (χ2n) is 6.39. The number of nitrogens with zero attached hydrogens (tertiary/aromatic N) is 1. The fraction of sp³-hybridized carbons (Fsp3) is 0.0952. The Morgan fingerprint density at radius 3 is 2.30 bits per heavy atom. The van der Waals surface area contributed by atoms with Gasteiger partial charge >= 0.3 is 0 Å². The van der Waals surface area contributed by atoms with E-state index in [0.717, 1.165) is 8.78 Å². The Kier molecular flexibility index (Phi) is 6.82. The summed E-state index contributed by atoms with van der Waals surface area (Å²) in [5.74, 6) is -0.415. The number of aliphatic hydroxyl groups is 1. The highest BCUT2D eigenvalue weighted by molar-refractivity contribution is 9.10. The fourth-order valence-corrected chi connectivity index (χ4v) is 4.47. The number of amides is 1. The van der Waals surface area contributed by atoms with Crippen LogP contribution in [0.1, 0.15) is 15.9 Å². The fourth-order valence-electron chi connectivity index (χ4n) is 2.74. The van der Waals surface area contributed by atoms with Crippen LogP contribution in [-0.4, -0.2) is 26.5 Å². The molecule has 0 aliphatic carbocycles. The van der Waals surface area contributed by atoms with Crippen LogP contribution < -0.4 is 9.62 Å². The molecule has 0 bridgehead atoms.